The molecule has 0 radical (unpaired) electrons. The van der Waals surface area contributed by atoms with E-state index in [1.165, 1.54) is 12.1 Å². The zero-order valence-corrected chi connectivity index (χ0v) is 19.6. The van der Waals surface area contributed by atoms with E-state index in [2.05, 4.69) is 4.57 Å². The molecule has 1 heterocycles. The first-order valence-corrected chi connectivity index (χ1v) is 11.8. The van der Waals surface area contributed by atoms with Gasteiger partial charge in [0.2, 0.25) is 0 Å². The van der Waals surface area contributed by atoms with Gasteiger partial charge in [-0.3, -0.25) is 14.9 Å². The number of carbonyl (C=O) groups is 1. The van der Waals surface area contributed by atoms with E-state index in [9.17, 15) is 14.9 Å². The lowest BCUT2D eigenvalue weighted by Gasteiger charge is -2.35. The lowest BCUT2D eigenvalue weighted by Crippen LogP contribution is -2.41. The zero-order valence-electron chi connectivity index (χ0n) is 18.1. The molecule has 0 saturated heterocycles. The average molecular weight is 486 g/mol. The maximum Gasteiger partial charge on any atom is 0.288 e. The predicted molar refractivity (Wildman–Crippen MR) is 130 cm³/mol. The van der Waals surface area contributed by atoms with Crippen LogP contribution in [0.3, 0.4) is 0 Å². The summed E-state index contributed by atoms with van der Waals surface area (Å²) in [5.74, 6) is -0.211. The SMILES string of the molecule is O=C(c1ccc(Cl)c([N+](=O)[O-])c1)N(Cc1cccn1Cc1cccc(Cl)c1)C1CCCCC1. The van der Waals surface area contributed by atoms with Crippen LogP contribution in [-0.4, -0.2) is 26.3 Å². The zero-order chi connectivity index (χ0) is 23.4. The average Bonchev–Trinajstić information content (AvgIpc) is 3.24. The summed E-state index contributed by atoms with van der Waals surface area (Å²) in [6, 6.07) is 16.1. The molecule has 0 N–H and O–H groups in total. The van der Waals surface area contributed by atoms with Crippen molar-refractivity contribution >= 4 is 34.8 Å². The van der Waals surface area contributed by atoms with Crippen molar-refractivity contribution in [1.82, 2.24) is 9.47 Å². The molecule has 6 nitrogen and oxygen atoms in total. The smallest absolute Gasteiger partial charge is 0.288 e. The molecule has 0 spiro atoms. The molecule has 1 saturated carbocycles. The van der Waals surface area contributed by atoms with E-state index in [1.54, 1.807) is 6.07 Å². The van der Waals surface area contributed by atoms with Crippen LogP contribution >= 0.6 is 23.2 Å². The number of hydrogen-bond acceptors (Lipinski definition) is 3. The quantitative estimate of drug-likeness (QED) is 0.275. The Kier molecular flexibility index (Phi) is 7.36. The van der Waals surface area contributed by atoms with Crippen molar-refractivity contribution in [2.75, 3.05) is 0 Å². The van der Waals surface area contributed by atoms with Crippen molar-refractivity contribution in [1.29, 1.82) is 0 Å². The fourth-order valence-electron chi connectivity index (χ4n) is 4.46. The number of nitro groups is 1. The van der Waals surface area contributed by atoms with Gasteiger partial charge >= 0.3 is 0 Å². The van der Waals surface area contributed by atoms with Crippen LogP contribution < -0.4 is 0 Å². The van der Waals surface area contributed by atoms with E-state index in [1.807, 2.05) is 47.5 Å². The number of halogens is 2. The van der Waals surface area contributed by atoms with Gasteiger partial charge in [-0.25, -0.2) is 0 Å². The molecule has 0 unspecified atom stereocenters. The minimum Gasteiger partial charge on any atom is -0.345 e. The third kappa shape index (κ3) is 5.57. The maximum atomic E-state index is 13.6. The topological polar surface area (TPSA) is 68.4 Å². The summed E-state index contributed by atoms with van der Waals surface area (Å²) >= 11 is 12.1. The summed E-state index contributed by atoms with van der Waals surface area (Å²) in [4.78, 5) is 26.3. The third-order valence-electron chi connectivity index (χ3n) is 6.16. The van der Waals surface area contributed by atoms with Crippen molar-refractivity contribution in [2.24, 2.45) is 0 Å². The van der Waals surface area contributed by atoms with Crippen molar-refractivity contribution in [3.8, 4) is 0 Å². The molecule has 1 aliphatic carbocycles. The van der Waals surface area contributed by atoms with Gasteiger partial charge in [0.1, 0.15) is 5.02 Å². The predicted octanol–water partition coefficient (Wildman–Crippen LogP) is 6.73. The normalized spacial score (nSPS) is 14.2. The van der Waals surface area contributed by atoms with Crippen LogP contribution in [0.4, 0.5) is 5.69 Å². The molecule has 8 heteroatoms. The Hall–Kier alpha value is -2.83. The summed E-state index contributed by atoms with van der Waals surface area (Å²) in [6.07, 6.45) is 7.15. The van der Waals surface area contributed by atoms with E-state index < -0.39 is 4.92 Å². The number of nitro benzene ring substituents is 1. The number of hydrogen-bond donors (Lipinski definition) is 0. The number of aromatic nitrogens is 1. The molecule has 0 aliphatic heterocycles. The molecule has 0 atom stereocenters. The molecule has 1 amide bonds. The Bertz CT molecular complexity index is 1160. The number of amides is 1. The Balaban J connectivity index is 1.63. The van der Waals surface area contributed by atoms with E-state index in [0.29, 0.717) is 18.1 Å². The van der Waals surface area contributed by atoms with Gasteiger partial charge in [-0.1, -0.05) is 54.6 Å². The first-order chi connectivity index (χ1) is 15.9. The Morgan fingerprint density at radius 3 is 2.58 bits per heavy atom. The van der Waals surface area contributed by atoms with Gasteiger partial charge in [-0.15, -0.1) is 0 Å². The van der Waals surface area contributed by atoms with Gasteiger partial charge in [0, 0.05) is 41.1 Å². The standard InChI is InChI=1S/C25H25Cl2N3O3/c26-20-7-4-6-18(14-20)16-28-13-5-10-22(28)17-29(21-8-2-1-3-9-21)25(31)19-11-12-23(27)24(15-19)30(32)33/h4-7,10-15,21H,1-3,8-9,16-17H2. The van der Waals surface area contributed by atoms with Crippen LogP contribution in [0.2, 0.25) is 10.0 Å². The van der Waals surface area contributed by atoms with Gasteiger partial charge in [0.05, 0.1) is 11.5 Å². The molecule has 33 heavy (non-hydrogen) atoms. The highest BCUT2D eigenvalue weighted by Gasteiger charge is 2.28. The minimum atomic E-state index is -0.555. The van der Waals surface area contributed by atoms with Crippen LogP contribution in [0.1, 0.15) is 53.7 Å². The van der Waals surface area contributed by atoms with Gasteiger partial charge in [-0.05, 0) is 54.8 Å². The molecule has 3 aromatic rings. The number of carbonyl (C=O) groups excluding carboxylic acids is 1. The van der Waals surface area contributed by atoms with Crippen molar-refractivity contribution in [2.45, 2.75) is 51.2 Å². The van der Waals surface area contributed by atoms with Crippen LogP contribution in [0.25, 0.3) is 0 Å². The van der Waals surface area contributed by atoms with Crippen LogP contribution in [-0.2, 0) is 13.1 Å². The highest BCUT2D eigenvalue weighted by atomic mass is 35.5. The fraction of sp³-hybridized carbons (Fsp3) is 0.320. The van der Waals surface area contributed by atoms with Crippen molar-refractivity contribution in [3.63, 3.8) is 0 Å². The first kappa shape index (κ1) is 23.3. The second kappa shape index (κ2) is 10.4. The van der Waals surface area contributed by atoms with Crippen LogP contribution in [0.5, 0.6) is 0 Å². The highest BCUT2D eigenvalue weighted by molar-refractivity contribution is 6.32. The summed E-state index contributed by atoms with van der Waals surface area (Å²) in [5, 5.41) is 12.1. The van der Waals surface area contributed by atoms with Gasteiger partial charge in [-0.2, -0.15) is 0 Å². The van der Waals surface area contributed by atoms with Crippen LogP contribution in [0.15, 0.2) is 60.8 Å². The molecule has 1 aromatic heterocycles. The maximum absolute atomic E-state index is 13.6. The minimum absolute atomic E-state index is 0.0242. The fourth-order valence-corrected chi connectivity index (χ4v) is 4.86. The highest BCUT2D eigenvalue weighted by Crippen LogP contribution is 2.29. The largest absolute Gasteiger partial charge is 0.345 e. The molecule has 1 aliphatic rings. The number of rotatable bonds is 7. The lowest BCUT2D eigenvalue weighted by molar-refractivity contribution is -0.384. The Morgan fingerprint density at radius 1 is 1.06 bits per heavy atom. The summed E-state index contributed by atoms with van der Waals surface area (Å²) in [6.45, 7) is 1.06. The summed E-state index contributed by atoms with van der Waals surface area (Å²) in [7, 11) is 0. The molecular weight excluding hydrogens is 461 g/mol. The van der Waals surface area contributed by atoms with Crippen molar-refractivity contribution in [3.05, 3.63) is 97.8 Å². The monoisotopic (exact) mass is 485 g/mol. The van der Waals surface area contributed by atoms with Crippen LogP contribution in [0, 0.1) is 10.1 Å². The summed E-state index contributed by atoms with van der Waals surface area (Å²) in [5.41, 5.74) is 2.10. The molecule has 2 aromatic carbocycles. The molecule has 172 valence electrons. The van der Waals surface area contributed by atoms with Gasteiger partial charge < -0.3 is 9.47 Å². The van der Waals surface area contributed by atoms with Gasteiger partial charge in [0.25, 0.3) is 11.6 Å². The van der Waals surface area contributed by atoms with Crippen molar-refractivity contribution < 1.29 is 9.72 Å². The first-order valence-electron chi connectivity index (χ1n) is 11.1. The number of benzene rings is 2. The second-order valence-corrected chi connectivity index (χ2v) is 9.25. The van der Waals surface area contributed by atoms with E-state index in [-0.39, 0.29) is 28.2 Å². The Labute approximate surface area is 202 Å². The molecular formula is C25H25Cl2N3O3. The molecule has 0 bridgehead atoms. The third-order valence-corrected chi connectivity index (χ3v) is 6.72. The summed E-state index contributed by atoms with van der Waals surface area (Å²) < 4.78 is 2.11. The van der Waals surface area contributed by atoms with Gasteiger partial charge in [0.15, 0.2) is 0 Å². The molecule has 4 rings (SSSR count). The number of nitrogens with zero attached hydrogens (tertiary/aromatic N) is 3. The Morgan fingerprint density at radius 2 is 1.85 bits per heavy atom. The van der Waals surface area contributed by atoms with E-state index in [4.69, 9.17) is 23.2 Å². The van der Waals surface area contributed by atoms with E-state index >= 15 is 0 Å². The van der Waals surface area contributed by atoms with E-state index in [0.717, 1.165) is 43.4 Å². The molecule has 1 fully saturated rings. The second-order valence-electron chi connectivity index (χ2n) is 8.41. The lowest BCUT2D eigenvalue weighted by atomic mass is 9.93.